The van der Waals surface area contributed by atoms with Crippen molar-refractivity contribution in [3.63, 3.8) is 0 Å². The fourth-order valence-corrected chi connectivity index (χ4v) is 0.774. The molecule has 0 amide bonds. The van der Waals surface area contributed by atoms with Crippen LogP contribution in [0.5, 0.6) is 0 Å². The lowest BCUT2D eigenvalue weighted by atomic mass is 10.3. The van der Waals surface area contributed by atoms with Crippen LogP contribution in [0.3, 0.4) is 0 Å². The molecule has 0 saturated carbocycles. The fraction of sp³-hybridized carbons (Fsp3) is 0.286. The molecule has 0 fully saturated rings. The van der Waals surface area contributed by atoms with Gasteiger partial charge in [0, 0.05) is 0 Å². The largest absolute Gasteiger partial charge is 0.434 e. The van der Waals surface area contributed by atoms with E-state index in [1.807, 2.05) is 0 Å². The van der Waals surface area contributed by atoms with Crippen LogP contribution in [0.25, 0.3) is 0 Å². The van der Waals surface area contributed by atoms with Crippen LogP contribution in [0.2, 0.25) is 0 Å². The van der Waals surface area contributed by atoms with E-state index in [4.69, 9.17) is 9.47 Å². The molecule has 0 aromatic rings. The topological polar surface area (TPSA) is 52.6 Å². The van der Waals surface area contributed by atoms with Crippen molar-refractivity contribution in [1.29, 1.82) is 0 Å². The second-order valence-corrected chi connectivity index (χ2v) is 3.78. The minimum absolute atomic E-state index is 0.0275. The quantitative estimate of drug-likeness (QED) is 0.396. The lowest BCUT2D eigenvalue weighted by molar-refractivity contribution is -0.144. The monoisotopic (exact) mass is 250 g/mol. The Morgan fingerprint density at radius 3 is 1.50 bits per heavy atom. The van der Waals surface area contributed by atoms with Gasteiger partial charge < -0.3 is 9.47 Å². The Morgan fingerprint density at radius 2 is 1.22 bits per heavy atom. The smallest absolute Gasteiger partial charge is 0.311 e. The summed E-state index contributed by atoms with van der Waals surface area (Å²) >= 11 is 0. The molecule has 18 heavy (non-hydrogen) atoms. The van der Waals surface area contributed by atoms with Crippen molar-refractivity contribution in [2.24, 2.45) is 0 Å². The molecule has 0 aliphatic rings. The lowest BCUT2D eigenvalue weighted by Crippen LogP contribution is -2.06. The maximum absolute atomic E-state index is 11.2. The van der Waals surface area contributed by atoms with Gasteiger partial charge >= 0.3 is 11.9 Å². The van der Waals surface area contributed by atoms with Gasteiger partial charge in [0.1, 0.15) is 0 Å². The van der Waals surface area contributed by atoms with Crippen LogP contribution in [-0.2, 0) is 19.1 Å². The summed E-state index contributed by atoms with van der Waals surface area (Å²) < 4.78 is 9.45. The molecule has 4 heteroatoms. The molecule has 0 radical (unpaired) electrons. The standard InChI is InChI=1S/C14H18O4/c1-11(2)7-9-17-13(15)5-6-14(16)18-10-8-12(3)4/h7-10H,1,3,5-6H2,2,4H3. The van der Waals surface area contributed by atoms with Gasteiger partial charge in [-0.15, -0.1) is 0 Å². The molecule has 0 rings (SSSR count). The van der Waals surface area contributed by atoms with Gasteiger partial charge in [0.05, 0.1) is 25.4 Å². The van der Waals surface area contributed by atoms with E-state index in [0.717, 1.165) is 11.1 Å². The van der Waals surface area contributed by atoms with Crippen LogP contribution >= 0.6 is 0 Å². The minimum atomic E-state index is -0.492. The molecule has 0 aliphatic carbocycles. The highest BCUT2D eigenvalue weighted by Crippen LogP contribution is 1.99. The van der Waals surface area contributed by atoms with Crippen LogP contribution in [0, 0.1) is 0 Å². The highest BCUT2D eigenvalue weighted by molar-refractivity contribution is 5.78. The number of allylic oxidation sites excluding steroid dienone is 4. The van der Waals surface area contributed by atoms with Crippen molar-refractivity contribution in [3.8, 4) is 0 Å². The van der Waals surface area contributed by atoms with Crippen molar-refractivity contribution in [1.82, 2.24) is 0 Å². The molecular weight excluding hydrogens is 232 g/mol. The first-order chi connectivity index (χ1) is 8.41. The Morgan fingerprint density at radius 1 is 0.889 bits per heavy atom. The molecule has 4 nitrogen and oxygen atoms in total. The van der Waals surface area contributed by atoms with Crippen molar-refractivity contribution >= 4 is 11.9 Å². The van der Waals surface area contributed by atoms with Crippen molar-refractivity contribution in [2.45, 2.75) is 26.7 Å². The molecule has 0 unspecified atom stereocenters. The molecular formula is C14H18O4. The van der Waals surface area contributed by atoms with Crippen LogP contribution in [0.1, 0.15) is 26.7 Å². The molecule has 0 spiro atoms. The van der Waals surface area contributed by atoms with Gasteiger partial charge in [-0.2, -0.15) is 0 Å². The summed E-state index contributed by atoms with van der Waals surface area (Å²) in [7, 11) is 0. The Balaban J connectivity index is 3.81. The Labute approximate surface area is 107 Å². The van der Waals surface area contributed by atoms with Gasteiger partial charge in [-0.05, 0) is 26.0 Å². The minimum Gasteiger partial charge on any atom is -0.434 e. The lowest BCUT2D eigenvalue weighted by Gasteiger charge is -1.99. The van der Waals surface area contributed by atoms with Crippen molar-refractivity contribution in [3.05, 3.63) is 49.0 Å². The van der Waals surface area contributed by atoms with E-state index in [0.29, 0.717) is 0 Å². The van der Waals surface area contributed by atoms with Crippen LogP contribution in [0.15, 0.2) is 49.0 Å². The summed E-state index contributed by atoms with van der Waals surface area (Å²) in [5, 5.41) is 0. The highest BCUT2D eigenvalue weighted by Gasteiger charge is 2.07. The van der Waals surface area contributed by atoms with E-state index in [-0.39, 0.29) is 12.8 Å². The summed E-state index contributed by atoms with van der Waals surface area (Å²) in [5.74, 6) is -0.985. The molecule has 0 aliphatic heterocycles. The van der Waals surface area contributed by atoms with E-state index < -0.39 is 11.9 Å². The third-order valence-electron chi connectivity index (χ3n) is 1.64. The van der Waals surface area contributed by atoms with Gasteiger partial charge in [-0.3, -0.25) is 9.59 Å². The number of hydrogen-bond acceptors (Lipinski definition) is 4. The summed E-state index contributed by atoms with van der Waals surface area (Å²) in [5.41, 5.74) is 1.54. The first-order valence-corrected chi connectivity index (χ1v) is 5.45. The van der Waals surface area contributed by atoms with Gasteiger partial charge in [0.15, 0.2) is 0 Å². The number of carbonyl (C=O) groups is 2. The van der Waals surface area contributed by atoms with Crippen LogP contribution in [-0.4, -0.2) is 11.9 Å². The first kappa shape index (κ1) is 15.9. The summed E-state index contributed by atoms with van der Waals surface area (Å²) in [6, 6.07) is 0. The summed E-state index contributed by atoms with van der Waals surface area (Å²) in [6.45, 7) is 10.8. The number of ether oxygens (including phenoxy) is 2. The van der Waals surface area contributed by atoms with Gasteiger partial charge in [0.2, 0.25) is 0 Å². The third-order valence-corrected chi connectivity index (χ3v) is 1.64. The van der Waals surface area contributed by atoms with Crippen molar-refractivity contribution in [2.75, 3.05) is 0 Å². The van der Waals surface area contributed by atoms with Gasteiger partial charge in [-0.25, -0.2) is 0 Å². The van der Waals surface area contributed by atoms with Crippen molar-refractivity contribution < 1.29 is 19.1 Å². The molecule has 0 bridgehead atoms. The SMILES string of the molecule is C=C(C)C=COC(=O)CCC(=O)OC=CC(=C)C. The first-order valence-electron chi connectivity index (χ1n) is 5.45. The maximum atomic E-state index is 11.2. The molecule has 0 atom stereocenters. The number of esters is 2. The van der Waals surface area contributed by atoms with E-state index in [1.165, 1.54) is 12.5 Å². The maximum Gasteiger partial charge on any atom is 0.311 e. The predicted molar refractivity (Wildman–Crippen MR) is 69.3 cm³/mol. The number of hydrogen-bond donors (Lipinski definition) is 0. The number of carbonyl (C=O) groups excluding carboxylic acids is 2. The second-order valence-electron chi connectivity index (χ2n) is 3.78. The van der Waals surface area contributed by atoms with E-state index in [1.54, 1.807) is 26.0 Å². The van der Waals surface area contributed by atoms with Gasteiger partial charge in [-0.1, -0.05) is 24.3 Å². The highest BCUT2D eigenvalue weighted by atomic mass is 16.5. The average molecular weight is 250 g/mol. The predicted octanol–water partition coefficient (Wildman–Crippen LogP) is 3.03. The second kappa shape index (κ2) is 8.98. The van der Waals surface area contributed by atoms with Crippen LogP contribution < -0.4 is 0 Å². The zero-order chi connectivity index (χ0) is 14.0. The number of rotatable bonds is 7. The molecule has 0 aromatic heterocycles. The third kappa shape index (κ3) is 10.4. The average Bonchev–Trinajstić information content (AvgIpc) is 2.25. The molecule has 98 valence electrons. The Bertz CT molecular complexity index is 351. The Kier molecular flexibility index (Phi) is 7.94. The summed E-state index contributed by atoms with van der Waals surface area (Å²) in [6.07, 6.45) is 5.56. The zero-order valence-corrected chi connectivity index (χ0v) is 10.8. The van der Waals surface area contributed by atoms with E-state index in [9.17, 15) is 9.59 Å². The summed E-state index contributed by atoms with van der Waals surface area (Å²) in [4.78, 5) is 22.3. The van der Waals surface area contributed by atoms with Crippen LogP contribution in [0.4, 0.5) is 0 Å². The molecule has 0 heterocycles. The van der Waals surface area contributed by atoms with E-state index in [2.05, 4.69) is 13.2 Å². The molecule has 0 N–H and O–H groups in total. The normalized spacial score (nSPS) is 10.6. The molecule has 0 saturated heterocycles. The Hall–Kier alpha value is -2.10. The molecule has 0 aromatic carbocycles. The zero-order valence-electron chi connectivity index (χ0n) is 10.8. The van der Waals surface area contributed by atoms with Gasteiger partial charge in [0.25, 0.3) is 0 Å². The van der Waals surface area contributed by atoms with E-state index >= 15 is 0 Å². The fourth-order valence-electron chi connectivity index (χ4n) is 0.774.